The fourth-order valence-electron chi connectivity index (χ4n) is 12.9. The summed E-state index contributed by atoms with van der Waals surface area (Å²) in [5.74, 6) is 8.56. The zero-order chi connectivity index (χ0) is 42.3. The molecule has 4 fully saturated rings. The van der Waals surface area contributed by atoms with Gasteiger partial charge in [0.05, 0.1) is 19.3 Å². The molecule has 7 rings (SSSR count). The Bertz CT molecular complexity index is 1850. The van der Waals surface area contributed by atoms with Crippen molar-refractivity contribution in [1.82, 2.24) is 0 Å². The molecule has 9 unspecified atom stereocenters. The number of benzene rings is 3. The molecule has 0 spiro atoms. The zero-order valence-electron chi connectivity index (χ0n) is 37.6. The molecule has 326 valence electrons. The molecule has 6 nitrogen and oxygen atoms in total. The number of ether oxygens (including phenoxy) is 3. The predicted octanol–water partition coefficient (Wildman–Crippen LogP) is 13.6. The van der Waals surface area contributed by atoms with Gasteiger partial charge in [-0.25, -0.2) is 0 Å². The number of hydrogen-bond donors (Lipinski definition) is 2. The van der Waals surface area contributed by atoms with Crippen molar-refractivity contribution < 1.29 is 19.0 Å². The summed E-state index contributed by atoms with van der Waals surface area (Å²) in [4.78, 5) is 13.1. The van der Waals surface area contributed by atoms with Gasteiger partial charge in [-0.1, -0.05) is 72.1 Å². The Labute approximate surface area is 362 Å². The fraction of sp³-hybridized carbons (Fsp3) is 0.611. The van der Waals surface area contributed by atoms with E-state index in [4.69, 9.17) is 25.7 Å². The lowest BCUT2D eigenvalue weighted by Gasteiger charge is -2.61. The van der Waals surface area contributed by atoms with Gasteiger partial charge in [0.2, 0.25) is 0 Å². The van der Waals surface area contributed by atoms with Crippen LogP contribution in [0.1, 0.15) is 153 Å². The van der Waals surface area contributed by atoms with E-state index in [9.17, 15) is 4.79 Å². The van der Waals surface area contributed by atoms with Crippen molar-refractivity contribution in [2.24, 2.45) is 52.3 Å². The van der Waals surface area contributed by atoms with Gasteiger partial charge in [-0.15, -0.1) is 0 Å². The van der Waals surface area contributed by atoms with Gasteiger partial charge in [0, 0.05) is 29.1 Å². The average molecular weight is 817 g/mol. The largest absolute Gasteiger partial charge is 0.494 e. The summed E-state index contributed by atoms with van der Waals surface area (Å²) in [6.07, 6.45) is 24.3. The molecule has 0 aliphatic heterocycles. The van der Waals surface area contributed by atoms with Crippen LogP contribution in [0, 0.1) is 52.3 Å². The Kier molecular flexibility index (Phi) is 14.6. The van der Waals surface area contributed by atoms with Crippen LogP contribution in [0.15, 0.2) is 72.8 Å². The van der Waals surface area contributed by atoms with Crippen LogP contribution >= 0.6 is 0 Å². The van der Waals surface area contributed by atoms with Crippen LogP contribution in [0.4, 0.5) is 11.4 Å². The monoisotopic (exact) mass is 817 g/mol. The maximum atomic E-state index is 13.1. The van der Waals surface area contributed by atoms with E-state index < -0.39 is 0 Å². The molecule has 4 aliphatic carbocycles. The number of anilines is 2. The van der Waals surface area contributed by atoms with Crippen molar-refractivity contribution in [3.8, 4) is 17.2 Å². The van der Waals surface area contributed by atoms with Crippen molar-refractivity contribution in [3.05, 3.63) is 83.9 Å². The average Bonchev–Trinajstić information content (AvgIpc) is 3.58. The van der Waals surface area contributed by atoms with Gasteiger partial charge in [-0.05, 0) is 190 Å². The molecule has 4 aliphatic rings. The second-order valence-electron chi connectivity index (χ2n) is 20.4. The Morgan fingerprint density at radius 2 is 1.35 bits per heavy atom. The van der Waals surface area contributed by atoms with Gasteiger partial charge in [0.15, 0.2) is 5.78 Å². The third-order valence-corrected chi connectivity index (χ3v) is 16.1. The van der Waals surface area contributed by atoms with Crippen LogP contribution < -0.4 is 25.7 Å². The number of allylic oxidation sites excluding steroid dienone is 1. The number of rotatable bonds is 19. The minimum absolute atomic E-state index is 0.00718. The van der Waals surface area contributed by atoms with Crippen molar-refractivity contribution >= 4 is 23.2 Å². The minimum atomic E-state index is -0.00718. The van der Waals surface area contributed by atoms with Crippen LogP contribution in [0.3, 0.4) is 0 Å². The SMILES string of the molecule is CC(C)CCCC(C)C1CCC2C3CCC4CC(Oc5ccc(C(=O)/C=C/c6ccc(OCCCCCCOc7cc(N)cc(N)c7)cc6)cc5)CCC4(C)C3CCC12C. The van der Waals surface area contributed by atoms with Crippen LogP contribution in [0.2, 0.25) is 0 Å². The second kappa shape index (κ2) is 19.8. The number of unbranched alkanes of at least 4 members (excludes halogenated alkanes) is 3. The molecule has 0 radical (unpaired) electrons. The van der Waals surface area contributed by atoms with Crippen molar-refractivity contribution in [3.63, 3.8) is 0 Å². The van der Waals surface area contributed by atoms with Crippen molar-refractivity contribution in [1.29, 1.82) is 0 Å². The van der Waals surface area contributed by atoms with E-state index in [1.807, 2.05) is 54.6 Å². The molecule has 0 aromatic heterocycles. The third kappa shape index (κ3) is 10.6. The maximum Gasteiger partial charge on any atom is 0.185 e. The molecule has 3 aromatic carbocycles. The quantitative estimate of drug-likeness (QED) is 0.0541. The van der Waals surface area contributed by atoms with Crippen molar-refractivity contribution in [2.75, 3.05) is 24.7 Å². The highest BCUT2D eigenvalue weighted by Gasteiger charge is 2.60. The van der Waals surface area contributed by atoms with E-state index in [1.54, 1.807) is 24.3 Å². The highest BCUT2D eigenvalue weighted by Crippen LogP contribution is 2.68. The predicted molar refractivity (Wildman–Crippen MR) is 248 cm³/mol. The van der Waals surface area contributed by atoms with Gasteiger partial charge in [0.25, 0.3) is 0 Å². The van der Waals surface area contributed by atoms with E-state index in [0.717, 1.165) is 96.3 Å². The molecule has 0 bridgehead atoms. The molecule has 4 saturated carbocycles. The lowest BCUT2D eigenvalue weighted by molar-refractivity contribution is -0.126. The Hall–Kier alpha value is -3.93. The third-order valence-electron chi connectivity index (χ3n) is 16.1. The molecule has 0 heterocycles. The van der Waals surface area contributed by atoms with Gasteiger partial charge < -0.3 is 25.7 Å². The molecule has 0 saturated heterocycles. The highest BCUT2D eigenvalue weighted by atomic mass is 16.5. The van der Waals surface area contributed by atoms with E-state index >= 15 is 0 Å². The van der Waals surface area contributed by atoms with Gasteiger partial charge in [0.1, 0.15) is 17.2 Å². The van der Waals surface area contributed by atoms with Gasteiger partial charge >= 0.3 is 0 Å². The number of hydrogen-bond acceptors (Lipinski definition) is 6. The second-order valence-corrected chi connectivity index (χ2v) is 20.4. The topological polar surface area (TPSA) is 96.8 Å². The smallest absolute Gasteiger partial charge is 0.185 e. The molecule has 3 aromatic rings. The summed E-state index contributed by atoms with van der Waals surface area (Å²) in [7, 11) is 0. The number of fused-ring (bicyclic) bond motifs is 5. The first kappa shape index (κ1) is 44.1. The van der Waals surface area contributed by atoms with Crippen molar-refractivity contribution in [2.45, 2.75) is 143 Å². The number of carbonyl (C=O) groups is 1. The molecule has 6 heteroatoms. The summed E-state index contributed by atoms with van der Waals surface area (Å²) in [6.45, 7) is 14.1. The maximum absolute atomic E-state index is 13.1. The lowest BCUT2D eigenvalue weighted by Crippen LogP contribution is -2.54. The minimum Gasteiger partial charge on any atom is -0.494 e. The number of nitrogen functional groups attached to an aromatic ring is 2. The molecule has 0 amide bonds. The van der Waals surface area contributed by atoms with Crippen LogP contribution in [-0.4, -0.2) is 25.1 Å². The zero-order valence-corrected chi connectivity index (χ0v) is 37.6. The van der Waals surface area contributed by atoms with Gasteiger partial charge in [-0.2, -0.15) is 0 Å². The summed E-state index contributed by atoms with van der Waals surface area (Å²) in [5.41, 5.74) is 15.5. The summed E-state index contributed by atoms with van der Waals surface area (Å²) >= 11 is 0. The lowest BCUT2D eigenvalue weighted by atomic mass is 9.44. The van der Waals surface area contributed by atoms with Crippen LogP contribution in [0.25, 0.3) is 6.08 Å². The fourth-order valence-corrected chi connectivity index (χ4v) is 12.9. The highest BCUT2D eigenvalue weighted by molar-refractivity contribution is 6.06. The van der Waals surface area contributed by atoms with Crippen LogP contribution in [-0.2, 0) is 0 Å². The summed E-state index contributed by atoms with van der Waals surface area (Å²) < 4.78 is 18.4. The Morgan fingerprint density at radius 1 is 0.700 bits per heavy atom. The Balaban J connectivity index is 0.811. The van der Waals surface area contributed by atoms with E-state index in [1.165, 1.54) is 70.6 Å². The normalized spacial score (nSPS) is 29.1. The van der Waals surface area contributed by atoms with E-state index in [-0.39, 0.29) is 11.9 Å². The standard InChI is InChI=1S/C54H76N2O4/c1-37(2)11-10-12-38(3)49-24-25-50-48-23-18-41-33-46(27-29-53(41,4)51(48)28-30-54(49,50)5)60-45-21-16-40(17-22-45)52(57)26-15-39-13-19-44(20-14-39)58-31-8-6-7-9-32-59-47-35-42(55)34-43(56)36-47/h13-17,19-22,26,34-38,41,46,48-51H,6-12,18,23-25,27-33,55-56H2,1-5H3/b26-15+. The molecule has 4 N–H and O–H groups in total. The molecular formula is C54H76N2O4. The first-order chi connectivity index (χ1) is 28.9. The first-order valence-electron chi connectivity index (χ1n) is 23.9. The first-order valence-corrected chi connectivity index (χ1v) is 23.9. The number of ketones is 1. The molecule has 9 atom stereocenters. The van der Waals surface area contributed by atoms with E-state index in [2.05, 4.69) is 34.6 Å². The number of nitrogens with two attached hydrogens (primary N) is 2. The molecule has 60 heavy (non-hydrogen) atoms. The van der Waals surface area contributed by atoms with Gasteiger partial charge in [-0.3, -0.25) is 4.79 Å². The van der Waals surface area contributed by atoms with Crippen LogP contribution in [0.5, 0.6) is 17.2 Å². The summed E-state index contributed by atoms with van der Waals surface area (Å²) in [5, 5.41) is 0. The molecular weight excluding hydrogens is 741 g/mol. The Morgan fingerprint density at radius 3 is 2.05 bits per heavy atom. The number of carbonyl (C=O) groups excluding carboxylic acids is 1. The summed E-state index contributed by atoms with van der Waals surface area (Å²) in [6, 6.07) is 21.0. The van der Waals surface area contributed by atoms with E-state index in [0.29, 0.717) is 41.0 Å².